The Morgan fingerprint density at radius 2 is 1.81 bits per heavy atom. The van der Waals surface area contributed by atoms with Crippen LogP contribution in [0, 0.1) is 24.1 Å². The summed E-state index contributed by atoms with van der Waals surface area (Å²) in [5.74, 6) is -0.786. The molecule has 0 saturated heterocycles. The molecule has 1 heterocycles. The summed E-state index contributed by atoms with van der Waals surface area (Å²) in [7, 11) is 0. The van der Waals surface area contributed by atoms with Gasteiger partial charge in [-0.1, -0.05) is 45.0 Å². The highest BCUT2D eigenvalue weighted by atomic mass is 19.1. The Kier molecular flexibility index (Phi) is 7.09. The monoisotopic (exact) mass is 492 g/mol. The molecule has 0 bridgehead atoms. The summed E-state index contributed by atoms with van der Waals surface area (Å²) in [6, 6.07) is 12.3. The minimum Gasteiger partial charge on any atom is -0.481 e. The Labute approximate surface area is 213 Å². The Morgan fingerprint density at radius 3 is 2.36 bits per heavy atom. The molecule has 2 aromatic carbocycles. The average Bonchev–Trinajstić information content (AvgIpc) is 3.08. The molecule has 1 atom stereocenters. The molecule has 1 amide bonds. The van der Waals surface area contributed by atoms with Crippen molar-refractivity contribution in [2.24, 2.45) is 16.3 Å². The molecule has 2 aliphatic rings. The van der Waals surface area contributed by atoms with Crippen LogP contribution in [0.1, 0.15) is 88.1 Å². The van der Waals surface area contributed by atoms with Gasteiger partial charge in [0.2, 0.25) is 0 Å². The molecule has 192 valence electrons. The number of halogens is 1. The van der Waals surface area contributed by atoms with E-state index in [-0.39, 0.29) is 29.6 Å². The lowest BCUT2D eigenvalue weighted by atomic mass is 9.69. The highest BCUT2D eigenvalue weighted by Gasteiger charge is 2.52. The van der Waals surface area contributed by atoms with Gasteiger partial charge in [-0.05, 0) is 92.2 Å². The lowest BCUT2D eigenvalue weighted by molar-refractivity contribution is -0.137. The summed E-state index contributed by atoms with van der Waals surface area (Å²) in [6.45, 7) is 10.7. The van der Waals surface area contributed by atoms with E-state index in [1.54, 1.807) is 0 Å². The lowest BCUT2D eigenvalue weighted by Gasteiger charge is -2.46. The normalized spacial score (nSPS) is 23.2. The highest BCUT2D eigenvalue weighted by molar-refractivity contribution is 6.46. The zero-order valence-electron chi connectivity index (χ0n) is 22.0. The van der Waals surface area contributed by atoms with Crippen molar-refractivity contribution in [3.05, 3.63) is 70.5 Å². The van der Waals surface area contributed by atoms with Gasteiger partial charge in [-0.2, -0.15) is 0 Å². The van der Waals surface area contributed by atoms with Gasteiger partial charge in [-0.3, -0.25) is 14.6 Å². The van der Waals surface area contributed by atoms with E-state index in [0.29, 0.717) is 23.6 Å². The molecule has 0 aromatic heterocycles. The molecule has 4 rings (SSSR count). The summed E-state index contributed by atoms with van der Waals surface area (Å²) in [4.78, 5) is 31.9. The average molecular weight is 493 g/mol. The standard InChI is InChI=1S/C30H37FN2O3/c1-19-16-23(18-25(31)17-19)27-28(36)33(30(32-27)14-12-24(13-15-30)29(3,4)5)20(2)22-9-6-21(7-10-22)8-11-26(34)35/h6-7,9-10,16-18,20,24H,8,11-15H2,1-5H3,(H,34,35). The third-order valence-electron chi connectivity index (χ3n) is 7.99. The van der Waals surface area contributed by atoms with E-state index in [1.807, 2.05) is 49.1 Å². The molecule has 1 aliphatic heterocycles. The van der Waals surface area contributed by atoms with E-state index < -0.39 is 11.6 Å². The molecule has 36 heavy (non-hydrogen) atoms. The first kappa shape index (κ1) is 26.1. The summed E-state index contributed by atoms with van der Waals surface area (Å²) in [5.41, 5.74) is 3.12. The van der Waals surface area contributed by atoms with Crippen LogP contribution in [0.25, 0.3) is 0 Å². The van der Waals surface area contributed by atoms with E-state index in [4.69, 9.17) is 10.1 Å². The van der Waals surface area contributed by atoms with Gasteiger partial charge >= 0.3 is 5.97 Å². The fourth-order valence-electron chi connectivity index (χ4n) is 5.87. The molecule has 5 nitrogen and oxygen atoms in total. The number of carboxylic acids is 1. The number of hydrogen-bond donors (Lipinski definition) is 1. The Bertz CT molecular complexity index is 1150. The lowest BCUT2D eigenvalue weighted by Crippen LogP contribution is -2.50. The maximum Gasteiger partial charge on any atom is 0.303 e. The van der Waals surface area contributed by atoms with Crippen molar-refractivity contribution >= 4 is 17.6 Å². The molecule has 0 radical (unpaired) electrons. The van der Waals surface area contributed by atoms with Crippen molar-refractivity contribution in [2.75, 3.05) is 0 Å². The first-order chi connectivity index (χ1) is 16.9. The molecule has 1 saturated carbocycles. The topological polar surface area (TPSA) is 70.0 Å². The van der Waals surface area contributed by atoms with E-state index >= 15 is 0 Å². The van der Waals surface area contributed by atoms with Crippen molar-refractivity contribution < 1.29 is 19.1 Å². The number of hydrogen-bond acceptors (Lipinski definition) is 3. The molecule has 1 N–H and O–H groups in total. The minimum absolute atomic E-state index is 0.0851. The first-order valence-electron chi connectivity index (χ1n) is 12.9. The van der Waals surface area contributed by atoms with Gasteiger partial charge in [-0.25, -0.2) is 4.39 Å². The third-order valence-corrected chi connectivity index (χ3v) is 7.99. The fourth-order valence-corrected chi connectivity index (χ4v) is 5.87. The number of rotatable bonds is 6. The largest absolute Gasteiger partial charge is 0.481 e. The van der Waals surface area contributed by atoms with Crippen LogP contribution in [-0.2, 0) is 16.0 Å². The van der Waals surface area contributed by atoms with Crippen LogP contribution < -0.4 is 0 Å². The van der Waals surface area contributed by atoms with Crippen LogP contribution in [0.15, 0.2) is 47.5 Å². The maximum absolute atomic E-state index is 14.3. The predicted octanol–water partition coefficient (Wildman–Crippen LogP) is 6.48. The SMILES string of the molecule is Cc1cc(F)cc(C2=NC3(CCC(C(C)(C)C)CC3)N(C(C)c3ccc(CCC(=O)O)cc3)C2=O)c1. The van der Waals surface area contributed by atoms with Crippen LogP contribution in [0.2, 0.25) is 0 Å². The van der Waals surface area contributed by atoms with E-state index in [0.717, 1.165) is 42.4 Å². The number of aliphatic carboxylic acids is 1. The number of aliphatic imine (C=N–C) groups is 1. The van der Waals surface area contributed by atoms with Gasteiger partial charge in [0, 0.05) is 12.0 Å². The van der Waals surface area contributed by atoms with Crippen molar-refractivity contribution in [1.29, 1.82) is 0 Å². The molecule has 1 aliphatic carbocycles. The smallest absolute Gasteiger partial charge is 0.303 e. The van der Waals surface area contributed by atoms with Crippen molar-refractivity contribution in [2.45, 2.75) is 84.8 Å². The van der Waals surface area contributed by atoms with Gasteiger partial charge in [0.1, 0.15) is 17.2 Å². The van der Waals surface area contributed by atoms with Gasteiger partial charge in [-0.15, -0.1) is 0 Å². The Balaban J connectivity index is 1.68. The van der Waals surface area contributed by atoms with E-state index in [1.165, 1.54) is 12.1 Å². The van der Waals surface area contributed by atoms with Crippen molar-refractivity contribution in [3.8, 4) is 0 Å². The molecule has 1 fully saturated rings. The predicted molar refractivity (Wildman–Crippen MR) is 139 cm³/mol. The van der Waals surface area contributed by atoms with Crippen molar-refractivity contribution in [1.82, 2.24) is 4.90 Å². The molecule has 1 spiro atoms. The van der Waals surface area contributed by atoms with E-state index in [2.05, 4.69) is 20.8 Å². The minimum atomic E-state index is -0.819. The zero-order chi connectivity index (χ0) is 26.3. The molecule has 2 aromatic rings. The van der Waals surface area contributed by atoms with Crippen LogP contribution in [0.4, 0.5) is 4.39 Å². The summed E-state index contributed by atoms with van der Waals surface area (Å²) in [5, 5.41) is 8.97. The fraction of sp³-hybridized carbons (Fsp3) is 0.500. The summed E-state index contributed by atoms with van der Waals surface area (Å²) in [6.07, 6.45) is 4.07. The second kappa shape index (κ2) is 9.79. The number of carbonyl (C=O) groups is 2. The Hall–Kier alpha value is -3.02. The molecule has 6 heteroatoms. The van der Waals surface area contributed by atoms with Crippen LogP contribution in [0.3, 0.4) is 0 Å². The quantitative estimate of drug-likeness (QED) is 0.502. The highest BCUT2D eigenvalue weighted by Crippen LogP contribution is 2.49. The molecular formula is C30H37FN2O3. The third kappa shape index (κ3) is 5.23. The first-order valence-corrected chi connectivity index (χ1v) is 12.9. The van der Waals surface area contributed by atoms with Gasteiger partial charge in [0.15, 0.2) is 0 Å². The number of amides is 1. The Morgan fingerprint density at radius 1 is 1.17 bits per heavy atom. The summed E-state index contributed by atoms with van der Waals surface area (Å²) < 4.78 is 14.3. The number of carboxylic acid groups (broad SMARTS) is 1. The van der Waals surface area contributed by atoms with E-state index in [9.17, 15) is 14.0 Å². The zero-order valence-corrected chi connectivity index (χ0v) is 22.0. The van der Waals surface area contributed by atoms with Crippen molar-refractivity contribution in [3.63, 3.8) is 0 Å². The number of aryl methyl sites for hydroxylation is 2. The second-order valence-electron chi connectivity index (χ2n) is 11.6. The molecular weight excluding hydrogens is 455 g/mol. The number of benzene rings is 2. The van der Waals surface area contributed by atoms with Gasteiger partial charge < -0.3 is 10.0 Å². The van der Waals surface area contributed by atoms with Gasteiger partial charge in [0.05, 0.1) is 6.04 Å². The maximum atomic E-state index is 14.3. The number of carbonyl (C=O) groups excluding carboxylic acids is 1. The number of nitrogens with zero attached hydrogens (tertiary/aromatic N) is 2. The molecule has 1 unspecified atom stereocenters. The summed E-state index contributed by atoms with van der Waals surface area (Å²) >= 11 is 0. The van der Waals surface area contributed by atoms with Crippen LogP contribution in [0.5, 0.6) is 0 Å². The van der Waals surface area contributed by atoms with Gasteiger partial charge in [0.25, 0.3) is 5.91 Å². The second-order valence-corrected chi connectivity index (χ2v) is 11.6. The van der Waals surface area contributed by atoms with Crippen LogP contribution in [-0.4, -0.2) is 33.3 Å². The van der Waals surface area contributed by atoms with Crippen LogP contribution >= 0.6 is 0 Å².